The SMILES string of the molecule is COCCCNc1ccc(F)c(C(=O)O)c1. The highest BCUT2D eigenvalue weighted by Gasteiger charge is 2.10. The fourth-order valence-electron chi connectivity index (χ4n) is 1.25. The van der Waals surface area contributed by atoms with Gasteiger partial charge in [0.2, 0.25) is 0 Å². The normalized spacial score (nSPS) is 10.1. The molecule has 1 aromatic rings. The van der Waals surface area contributed by atoms with E-state index in [4.69, 9.17) is 9.84 Å². The Morgan fingerprint density at radius 2 is 2.31 bits per heavy atom. The fourth-order valence-corrected chi connectivity index (χ4v) is 1.25. The van der Waals surface area contributed by atoms with Gasteiger partial charge in [0.25, 0.3) is 0 Å². The molecule has 0 atom stereocenters. The minimum Gasteiger partial charge on any atom is -0.478 e. The van der Waals surface area contributed by atoms with Crippen molar-refractivity contribution in [1.82, 2.24) is 0 Å². The Labute approximate surface area is 93.0 Å². The van der Waals surface area contributed by atoms with Gasteiger partial charge in [0.1, 0.15) is 5.82 Å². The molecule has 0 saturated carbocycles. The molecule has 0 aliphatic carbocycles. The fraction of sp³-hybridized carbons (Fsp3) is 0.364. The quantitative estimate of drug-likeness (QED) is 0.729. The van der Waals surface area contributed by atoms with Crippen molar-refractivity contribution in [2.24, 2.45) is 0 Å². The van der Waals surface area contributed by atoms with E-state index in [1.807, 2.05) is 0 Å². The Bertz CT molecular complexity index is 368. The average molecular weight is 227 g/mol. The van der Waals surface area contributed by atoms with Gasteiger partial charge in [-0.05, 0) is 24.6 Å². The predicted molar refractivity (Wildman–Crippen MR) is 58.3 cm³/mol. The van der Waals surface area contributed by atoms with Crippen LogP contribution in [-0.4, -0.2) is 31.3 Å². The molecule has 16 heavy (non-hydrogen) atoms. The molecule has 0 aliphatic heterocycles. The number of hydrogen-bond acceptors (Lipinski definition) is 3. The molecule has 1 aromatic carbocycles. The number of ether oxygens (including phenoxy) is 1. The van der Waals surface area contributed by atoms with Crippen molar-refractivity contribution in [3.8, 4) is 0 Å². The summed E-state index contributed by atoms with van der Waals surface area (Å²) in [5.41, 5.74) is 0.270. The van der Waals surface area contributed by atoms with E-state index in [1.165, 1.54) is 12.1 Å². The van der Waals surface area contributed by atoms with Gasteiger partial charge < -0.3 is 15.2 Å². The van der Waals surface area contributed by atoms with Crippen LogP contribution < -0.4 is 5.32 Å². The van der Waals surface area contributed by atoms with Crippen molar-refractivity contribution in [2.45, 2.75) is 6.42 Å². The minimum absolute atomic E-state index is 0.322. The zero-order valence-electron chi connectivity index (χ0n) is 9.00. The largest absolute Gasteiger partial charge is 0.478 e. The molecule has 0 bridgehead atoms. The van der Waals surface area contributed by atoms with Crippen LogP contribution >= 0.6 is 0 Å². The van der Waals surface area contributed by atoms with E-state index in [2.05, 4.69) is 5.32 Å². The molecule has 2 N–H and O–H groups in total. The number of benzene rings is 1. The summed E-state index contributed by atoms with van der Waals surface area (Å²) in [6.45, 7) is 1.28. The van der Waals surface area contributed by atoms with Crippen LogP contribution in [0.4, 0.5) is 10.1 Å². The predicted octanol–water partition coefficient (Wildman–Crippen LogP) is 1.97. The maximum absolute atomic E-state index is 13.0. The van der Waals surface area contributed by atoms with Gasteiger partial charge >= 0.3 is 5.97 Å². The third kappa shape index (κ3) is 3.51. The summed E-state index contributed by atoms with van der Waals surface area (Å²) in [5.74, 6) is -1.99. The number of aromatic carboxylic acids is 1. The first-order valence-corrected chi connectivity index (χ1v) is 4.91. The highest BCUT2D eigenvalue weighted by molar-refractivity contribution is 5.89. The molecule has 4 nitrogen and oxygen atoms in total. The molecule has 0 heterocycles. The summed E-state index contributed by atoms with van der Waals surface area (Å²) in [7, 11) is 1.61. The molecule has 0 aromatic heterocycles. The lowest BCUT2D eigenvalue weighted by atomic mass is 10.2. The first-order valence-electron chi connectivity index (χ1n) is 4.91. The van der Waals surface area contributed by atoms with Crippen LogP contribution in [0.2, 0.25) is 0 Å². The number of carboxylic acids is 1. The topological polar surface area (TPSA) is 58.6 Å². The van der Waals surface area contributed by atoms with Crippen LogP contribution in [0.3, 0.4) is 0 Å². The van der Waals surface area contributed by atoms with Crippen molar-refractivity contribution in [3.63, 3.8) is 0 Å². The maximum Gasteiger partial charge on any atom is 0.338 e. The smallest absolute Gasteiger partial charge is 0.338 e. The van der Waals surface area contributed by atoms with Gasteiger partial charge in [-0.3, -0.25) is 0 Å². The first kappa shape index (κ1) is 12.4. The van der Waals surface area contributed by atoms with E-state index in [-0.39, 0.29) is 5.56 Å². The van der Waals surface area contributed by atoms with Gasteiger partial charge in [0.15, 0.2) is 0 Å². The lowest BCUT2D eigenvalue weighted by Crippen LogP contribution is -2.07. The Morgan fingerprint density at radius 3 is 2.94 bits per heavy atom. The lowest BCUT2D eigenvalue weighted by molar-refractivity contribution is 0.0692. The van der Waals surface area contributed by atoms with Gasteiger partial charge in [0.05, 0.1) is 5.56 Å². The minimum atomic E-state index is -1.27. The maximum atomic E-state index is 13.0. The number of carboxylic acid groups (broad SMARTS) is 1. The van der Waals surface area contributed by atoms with Crippen LogP contribution in [0.5, 0.6) is 0 Å². The van der Waals surface area contributed by atoms with Crippen LogP contribution in [0.15, 0.2) is 18.2 Å². The van der Waals surface area contributed by atoms with Crippen LogP contribution in [-0.2, 0) is 4.74 Å². The summed E-state index contributed by atoms with van der Waals surface area (Å²) in [4.78, 5) is 10.7. The number of halogens is 1. The Balaban J connectivity index is 2.61. The van der Waals surface area contributed by atoms with Gasteiger partial charge in [-0.2, -0.15) is 0 Å². The monoisotopic (exact) mass is 227 g/mol. The third-order valence-electron chi connectivity index (χ3n) is 2.05. The van der Waals surface area contributed by atoms with E-state index < -0.39 is 11.8 Å². The Hall–Kier alpha value is -1.62. The van der Waals surface area contributed by atoms with Gasteiger partial charge in [0, 0.05) is 25.9 Å². The Kier molecular flexibility index (Phi) is 4.72. The zero-order valence-corrected chi connectivity index (χ0v) is 9.00. The van der Waals surface area contributed by atoms with Gasteiger partial charge in [-0.25, -0.2) is 9.18 Å². The summed E-state index contributed by atoms with van der Waals surface area (Å²) >= 11 is 0. The van der Waals surface area contributed by atoms with Crippen molar-refractivity contribution in [1.29, 1.82) is 0 Å². The molecule has 1 rings (SSSR count). The van der Waals surface area contributed by atoms with Crippen molar-refractivity contribution in [2.75, 3.05) is 25.6 Å². The third-order valence-corrected chi connectivity index (χ3v) is 2.05. The second-order valence-electron chi connectivity index (χ2n) is 3.27. The number of methoxy groups -OCH3 is 1. The molecule has 0 radical (unpaired) electrons. The van der Waals surface area contributed by atoms with Crippen LogP contribution in [0.1, 0.15) is 16.8 Å². The van der Waals surface area contributed by atoms with E-state index in [0.29, 0.717) is 18.8 Å². The standard InChI is InChI=1S/C11H14FNO3/c1-16-6-2-5-13-8-3-4-10(12)9(7-8)11(14)15/h3-4,7,13H,2,5-6H2,1H3,(H,14,15). The summed E-state index contributed by atoms with van der Waals surface area (Å²) in [6.07, 6.45) is 0.802. The number of carbonyl (C=O) groups is 1. The second-order valence-corrected chi connectivity index (χ2v) is 3.27. The molecule has 0 aliphatic rings. The number of anilines is 1. The van der Waals surface area contributed by atoms with Crippen LogP contribution in [0.25, 0.3) is 0 Å². The zero-order chi connectivity index (χ0) is 12.0. The molecule has 0 spiro atoms. The molecular formula is C11H14FNO3. The molecule has 0 saturated heterocycles. The van der Waals surface area contributed by atoms with E-state index in [9.17, 15) is 9.18 Å². The van der Waals surface area contributed by atoms with Crippen molar-refractivity contribution in [3.05, 3.63) is 29.6 Å². The summed E-state index contributed by atoms with van der Waals surface area (Å²) in [6, 6.07) is 3.93. The van der Waals surface area contributed by atoms with Crippen molar-refractivity contribution >= 4 is 11.7 Å². The van der Waals surface area contributed by atoms with Crippen molar-refractivity contribution < 1.29 is 19.0 Å². The van der Waals surface area contributed by atoms with Gasteiger partial charge in [-0.1, -0.05) is 0 Å². The molecule has 0 unspecified atom stereocenters. The number of hydrogen-bond donors (Lipinski definition) is 2. The van der Waals surface area contributed by atoms with E-state index in [0.717, 1.165) is 12.5 Å². The van der Waals surface area contributed by atoms with Crippen LogP contribution in [0, 0.1) is 5.82 Å². The van der Waals surface area contributed by atoms with Gasteiger partial charge in [-0.15, -0.1) is 0 Å². The molecule has 0 amide bonds. The molecule has 88 valence electrons. The number of nitrogens with one attached hydrogen (secondary N) is 1. The Morgan fingerprint density at radius 1 is 1.56 bits per heavy atom. The molecular weight excluding hydrogens is 213 g/mol. The lowest BCUT2D eigenvalue weighted by Gasteiger charge is -2.07. The molecule has 0 fully saturated rings. The summed E-state index contributed by atoms with van der Waals surface area (Å²) in [5, 5.41) is 11.7. The van der Waals surface area contributed by atoms with E-state index in [1.54, 1.807) is 7.11 Å². The highest BCUT2D eigenvalue weighted by atomic mass is 19.1. The van der Waals surface area contributed by atoms with E-state index >= 15 is 0 Å². The summed E-state index contributed by atoms with van der Waals surface area (Å²) < 4.78 is 17.9. The average Bonchev–Trinajstić information content (AvgIpc) is 2.26. The molecule has 5 heteroatoms. The number of rotatable bonds is 6. The first-order chi connectivity index (χ1) is 7.65. The highest BCUT2D eigenvalue weighted by Crippen LogP contribution is 2.14. The second kappa shape index (κ2) is 6.07.